The Balaban J connectivity index is 1.56. The molecule has 0 saturated carbocycles. The molecule has 1 N–H and O–H groups in total. The molecule has 0 saturated heterocycles. The van der Waals surface area contributed by atoms with Gasteiger partial charge in [-0.2, -0.15) is 5.10 Å². The van der Waals surface area contributed by atoms with Crippen LogP contribution in [0.2, 0.25) is 0 Å². The van der Waals surface area contributed by atoms with E-state index < -0.39 is 5.97 Å². The third-order valence-corrected chi connectivity index (χ3v) is 4.88. The van der Waals surface area contributed by atoms with E-state index in [2.05, 4.69) is 10.4 Å². The highest BCUT2D eigenvalue weighted by atomic mass is 16.5. The Morgan fingerprint density at radius 2 is 1.62 bits per heavy atom. The number of carbonyl (C=O) groups is 1. The number of ether oxygens (including phenoxy) is 3. The molecule has 7 heteroatoms. The van der Waals surface area contributed by atoms with Gasteiger partial charge in [-0.1, -0.05) is 30.3 Å². The number of para-hydroxylation sites is 1. The smallest absolute Gasteiger partial charge is 0.340 e. The van der Waals surface area contributed by atoms with Crippen LogP contribution in [0.5, 0.6) is 11.5 Å². The van der Waals surface area contributed by atoms with Gasteiger partial charge in [0.2, 0.25) is 0 Å². The largest absolute Gasteiger partial charge is 0.497 e. The minimum Gasteiger partial charge on any atom is -0.497 e. The lowest BCUT2D eigenvalue weighted by Crippen LogP contribution is -2.10. The lowest BCUT2D eigenvalue weighted by molar-refractivity contribution is 0.0473. The molecule has 0 aliphatic rings. The molecule has 0 radical (unpaired) electrons. The minimum atomic E-state index is -0.465. The van der Waals surface area contributed by atoms with Crippen molar-refractivity contribution >= 4 is 17.5 Å². The molecule has 1 heterocycles. The first kappa shape index (κ1) is 21.0. The van der Waals surface area contributed by atoms with Gasteiger partial charge in [0.05, 0.1) is 37.4 Å². The predicted octanol–water partition coefficient (Wildman–Crippen LogP) is 4.99. The molecule has 3 aromatic carbocycles. The van der Waals surface area contributed by atoms with E-state index in [0.717, 1.165) is 17.0 Å². The second kappa shape index (κ2) is 9.70. The third-order valence-electron chi connectivity index (χ3n) is 4.88. The van der Waals surface area contributed by atoms with E-state index in [1.165, 1.54) is 0 Å². The van der Waals surface area contributed by atoms with E-state index in [-0.39, 0.29) is 6.61 Å². The lowest BCUT2D eigenvalue weighted by atomic mass is 10.1. The van der Waals surface area contributed by atoms with Crippen molar-refractivity contribution in [3.8, 4) is 17.2 Å². The first-order valence-electron chi connectivity index (χ1n) is 10.0. The lowest BCUT2D eigenvalue weighted by Gasteiger charge is -2.14. The summed E-state index contributed by atoms with van der Waals surface area (Å²) in [5.41, 5.74) is 2.71. The van der Waals surface area contributed by atoms with Crippen molar-refractivity contribution < 1.29 is 19.0 Å². The number of anilines is 2. The van der Waals surface area contributed by atoms with E-state index in [4.69, 9.17) is 14.2 Å². The zero-order chi connectivity index (χ0) is 22.3. The third kappa shape index (κ3) is 4.73. The van der Waals surface area contributed by atoms with E-state index in [9.17, 15) is 4.79 Å². The van der Waals surface area contributed by atoms with E-state index >= 15 is 0 Å². The molecule has 0 amide bonds. The molecule has 7 nitrogen and oxygen atoms in total. The van der Waals surface area contributed by atoms with Gasteiger partial charge in [0, 0.05) is 6.07 Å². The molecular formula is C25H23N3O4. The SMILES string of the molecule is COc1ccc(COC(=O)c2cc(OC)ccc2Nc2ccnn2-c2ccccc2)cc1. The van der Waals surface area contributed by atoms with Crippen molar-refractivity contribution in [3.05, 3.63) is 96.2 Å². The van der Waals surface area contributed by atoms with E-state index in [1.807, 2.05) is 60.7 Å². The zero-order valence-electron chi connectivity index (χ0n) is 17.8. The Kier molecular flexibility index (Phi) is 6.36. The summed E-state index contributed by atoms with van der Waals surface area (Å²) in [5.74, 6) is 1.55. The topological polar surface area (TPSA) is 74.6 Å². The van der Waals surface area contributed by atoms with Gasteiger partial charge in [0.25, 0.3) is 0 Å². The van der Waals surface area contributed by atoms with Crippen LogP contribution < -0.4 is 14.8 Å². The molecule has 4 aromatic rings. The van der Waals surface area contributed by atoms with Gasteiger partial charge in [0.15, 0.2) is 0 Å². The van der Waals surface area contributed by atoms with Gasteiger partial charge in [0.1, 0.15) is 23.9 Å². The van der Waals surface area contributed by atoms with Crippen molar-refractivity contribution in [1.29, 1.82) is 0 Å². The number of hydrogen-bond donors (Lipinski definition) is 1. The number of benzene rings is 3. The standard InChI is InChI=1S/C25H23N3O4/c1-30-20-10-8-18(9-11-20)17-32-25(29)22-16-21(31-2)12-13-23(22)27-24-14-15-26-28(24)19-6-4-3-5-7-19/h3-16,27H,17H2,1-2H3. The maximum atomic E-state index is 12.9. The predicted molar refractivity (Wildman–Crippen MR) is 122 cm³/mol. The van der Waals surface area contributed by atoms with Gasteiger partial charge in [-0.15, -0.1) is 0 Å². The average molecular weight is 429 g/mol. The number of carbonyl (C=O) groups excluding carboxylic acids is 1. The van der Waals surface area contributed by atoms with Gasteiger partial charge < -0.3 is 19.5 Å². The summed E-state index contributed by atoms with van der Waals surface area (Å²) in [6.07, 6.45) is 1.69. The van der Waals surface area contributed by atoms with Gasteiger partial charge in [-0.25, -0.2) is 9.48 Å². The molecule has 32 heavy (non-hydrogen) atoms. The zero-order valence-corrected chi connectivity index (χ0v) is 17.8. The molecule has 0 aliphatic heterocycles. The second-order valence-corrected chi connectivity index (χ2v) is 6.92. The highest BCUT2D eigenvalue weighted by molar-refractivity contribution is 5.97. The second-order valence-electron chi connectivity index (χ2n) is 6.92. The van der Waals surface area contributed by atoms with Crippen molar-refractivity contribution in [3.63, 3.8) is 0 Å². The Morgan fingerprint density at radius 3 is 2.34 bits per heavy atom. The molecule has 0 unspecified atom stereocenters. The van der Waals surface area contributed by atoms with Gasteiger partial charge >= 0.3 is 5.97 Å². The Bertz CT molecular complexity index is 1190. The summed E-state index contributed by atoms with van der Waals surface area (Å²) in [4.78, 5) is 12.9. The van der Waals surface area contributed by atoms with Crippen molar-refractivity contribution in [2.75, 3.05) is 19.5 Å². The molecule has 0 aliphatic carbocycles. The fraction of sp³-hybridized carbons (Fsp3) is 0.120. The fourth-order valence-electron chi connectivity index (χ4n) is 3.19. The van der Waals surface area contributed by atoms with Crippen LogP contribution in [-0.2, 0) is 11.3 Å². The van der Waals surface area contributed by atoms with Crippen LogP contribution in [0.1, 0.15) is 15.9 Å². The minimum absolute atomic E-state index is 0.140. The first-order valence-corrected chi connectivity index (χ1v) is 10.0. The van der Waals surface area contributed by atoms with Crippen LogP contribution in [0.3, 0.4) is 0 Å². The summed E-state index contributed by atoms with van der Waals surface area (Å²) in [5, 5.41) is 7.68. The molecule has 0 fully saturated rings. The summed E-state index contributed by atoms with van der Waals surface area (Å²) in [6, 6.07) is 24.2. The Morgan fingerprint density at radius 1 is 0.906 bits per heavy atom. The van der Waals surface area contributed by atoms with Gasteiger partial charge in [-0.05, 0) is 48.0 Å². The molecule has 162 valence electrons. The maximum absolute atomic E-state index is 12.9. The Labute approximate surface area is 186 Å². The van der Waals surface area contributed by atoms with Crippen LogP contribution in [0.15, 0.2) is 85.1 Å². The fourth-order valence-corrected chi connectivity index (χ4v) is 3.19. The number of hydrogen-bond acceptors (Lipinski definition) is 6. The van der Waals surface area contributed by atoms with Crippen LogP contribution >= 0.6 is 0 Å². The van der Waals surface area contributed by atoms with Crippen LogP contribution in [0, 0.1) is 0 Å². The quantitative estimate of drug-likeness (QED) is 0.398. The van der Waals surface area contributed by atoms with Crippen molar-refractivity contribution in [1.82, 2.24) is 9.78 Å². The number of rotatable bonds is 8. The number of nitrogens with zero attached hydrogens (tertiary/aromatic N) is 2. The van der Waals surface area contributed by atoms with Gasteiger partial charge in [-0.3, -0.25) is 0 Å². The first-order chi connectivity index (χ1) is 15.7. The number of esters is 1. The number of aromatic nitrogens is 2. The average Bonchev–Trinajstić information content (AvgIpc) is 3.31. The van der Waals surface area contributed by atoms with Crippen LogP contribution in [0.4, 0.5) is 11.5 Å². The number of nitrogens with one attached hydrogen (secondary N) is 1. The van der Waals surface area contributed by atoms with Crippen molar-refractivity contribution in [2.45, 2.75) is 6.61 Å². The Hall–Kier alpha value is -4.26. The molecule has 0 bridgehead atoms. The summed E-state index contributed by atoms with van der Waals surface area (Å²) in [7, 11) is 3.16. The van der Waals surface area contributed by atoms with Crippen LogP contribution in [0.25, 0.3) is 5.69 Å². The maximum Gasteiger partial charge on any atom is 0.340 e. The highest BCUT2D eigenvalue weighted by Crippen LogP contribution is 2.27. The normalized spacial score (nSPS) is 10.4. The molecule has 0 spiro atoms. The summed E-state index contributed by atoms with van der Waals surface area (Å²) in [6.45, 7) is 0.140. The monoisotopic (exact) mass is 429 g/mol. The van der Waals surface area contributed by atoms with E-state index in [0.29, 0.717) is 22.8 Å². The number of methoxy groups -OCH3 is 2. The molecular weight excluding hydrogens is 406 g/mol. The molecule has 4 rings (SSSR count). The van der Waals surface area contributed by atoms with Crippen molar-refractivity contribution in [2.24, 2.45) is 0 Å². The molecule has 1 aromatic heterocycles. The summed E-state index contributed by atoms with van der Waals surface area (Å²) >= 11 is 0. The highest BCUT2D eigenvalue weighted by Gasteiger charge is 2.17. The van der Waals surface area contributed by atoms with E-state index in [1.54, 1.807) is 43.3 Å². The van der Waals surface area contributed by atoms with Crippen LogP contribution in [-0.4, -0.2) is 30.0 Å². The molecule has 0 atom stereocenters. The summed E-state index contributed by atoms with van der Waals surface area (Å²) < 4.78 is 17.8.